The van der Waals surface area contributed by atoms with Crippen LogP contribution in [-0.4, -0.2) is 18.7 Å². The molecule has 0 aliphatic rings. The van der Waals surface area contributed by atoms with Crippen molar-refractivity contribution in [1.29, 1.82) is 0 Å². The normalized spacial score (nSPS) is 9.93. The summed E-state index contributed by atoms with van der Waals surface area (Å²) in [5.41, 5.74) is 0. The third-order valence-corrected chi connectivity index (χ3v) is 2.43. The molecule has 0 saturated carbocycles. The van der Waals surface area contributed by atoms with Crippen LogP contribution in [0.25, 0.3) is 0 Å². The minimum atomic E-state index is 0.301. The Balaban J connectivity index is 2.92. The average Bonchev–Trinajstić information content (AvgIpc) is 2.20. The molecule has 3 heteroatoms. The number of carbonyl (C=O) groups is 2. The Bertz CT molecular complexity index is 169. The third-order valence-electron chi connectivity index (χ3n) is 2.43. The van der Waals surface area contributed by atoms with Gasteiger partial charge in [-0.3, -0.25) is 4.79 Å². The quantitative estimate of drug-likeness (QED) is 0.423. The molecule has 0 aliphatic heterocycles. The van der Waals surface area contributed by atoms with Crippen molar-refractivity contribution in [3.8, 4) is 0 Å². The maximum atomic E-state index is 10.6. The van der Waals surface area contributed by atoms with E-state index >= 15 is 0 Å². The number of ketones is 1. The monoisotopic (exact) mass is 213 g/mol. The molecule has 0 spiro atoms. The Labute approximate surface area is 92.6 Å². The predicted octanol–water partition coefficient (Wildman–Crippen LogP) is 2.44. The van der Waals surface area contributed by atoms with Gasteiger partial charge in [-0.1, -0.05) is 32.1 Å². The van der Waals surface area contributed by atoms with E-state index in [0.29, 0.717) is 5.78 Å². The summed E-state index contributed by atoms with van der Waals surface area (Å²) in [5.74, 6) is 0.301. The molecular formula is C12H23NO2. The van der Waals surface area contributed by atoms with Crippen LogP contribution >= 0.6 is 0 Å². The van der Waals surface area contributed by atoms with Crippen molar-refractivity contribution in [2.45, 2.75) is 58.3 Å². The first-order valence-electron chi connectivity index (χ1n) is 5.94. The summed E-state index contributed by atoms with van der Waals surface area (Å²) in [4.78, 5) is 20.6. The summed E-state index contributed by atoms with van der Waals surface area (Å²) in [6, 6.07) is 0. The lowest BCUT2D eigenvalue weighted by Crippen LogP contribution is -2.11. The van der Waals surface area contributed by atoms with Gasteiger partial charge in [-0.2, -0.15) is 0 Å². The highest BCUT2D eigenvalue weighted by atomic mass is 16.1. The maximum Gasteiger partial charge on any atom is 0.207 e. The zero-order chi connectivity index (χ0) is 11.4. The number of rotatable bonds is 11. The van der Waals surface area contributed by atoms with E-state index in [9.17, 15) is 9.59 Å². The Morgan fingerprint density at radius 2 is 1.53 bits per heavy atom. The van der Waals surface area contributed by atoms with Gasteiger partial charge in [-0.25, -0.2) is 0 Å². The number of Topliss-reactive ketones (excluding diaryl/α,β-unsaturated/α-hetero) is 1. The molecule has 1 amide bonds. The first-order valence-corrected chi connectivity index (χ1v) is 5.94. The molecule has 0 atom stereocenters. The predicted molar refractivity (Wildman–Crippen MR) is 61.7 cm³/mol. The molecule has 0 rings (SSSR count). The zero-order valence-electron chi connectivity index (χ0n) is 9.76. The fourth-order valence-electron chi connectivity index (χ4n) is 1.54. The van der Waals surface area contributed by atoms with Crippen LogP contribution in [0, 0.1) is 0 Å². The van der Waals surface area contributed by atoms with E-state index in [1.807, 2.05) is 0 Å². The van der Waals surface area contributed by atoms with Crippen molar-refractivity contribution in [2.24, 2.45) is 0 Å². The second-order valence-corrected chi connectivity index (χ2v) is 4.00. The molecule has 15 heavy (non-hydrogen) atoms. The Morgan fingerprint density at radius 1 is 1.00 bits per heavy atom. The van der Waals surface area contributed by atoms with Crippen LogP contribution in [0.5, 0.6) is 0 Å². The second-order valence-electron chi connectivity index (χ2n) is 4.00. The molecule has 0 fully saturated rings. The second kappa shape index (κ2) is 11.2. The molecule has 0 bridgehead atoms. The summed E-state index contributed by atoms with van der Waals surface area (Å²) in [6.07, 6.45) is 9.69. The van der Waals surface area contributed by atoms with Gasteiger partial charge in [0.05, 0.1) is 0 Å². The van der Waals surface area contributed by atoms with Crippen molar-refractivity contribution >= 4 is 12.2 Å². The SMILES string of the molecule is CC(=O)CCCCCCCCCNC=O. The topological polar surface area (TPSA) is 46.2 Å². The summed E-state index contributed by atoms with van der Waals surface area (Å²) in [7, 11) is 0. The molecule has 0 aromatic heterocycles. The number of amides is 1. The number of unbranched alkanes of at least 4 members (excludes halogenated alkanes) is 6. The van der Waals surface area contributed by atoms with Gasteiger partial charge >= 0.3 is 0 Å². The lowest BCUT2D eigenvalue weighted by atomic mass is 10.1. The van der Waals surface area contributed by atoms with E-state index in [1.165, 1.54) is 32.1 Å². The number of nitrogens with one attached hydrogen (secondary N) is 1. The lowest BCUT2D eigenvalue weighted by Gasteiger charge is -2.01. The van der Waals surface area contributed by atoms with E-state index in [0.717, 1.165) is 32.2 Å². The fourth-order valence-corrected chi connectivity index (χ4v) is 1.54. The molecule has 88 valence electrons. The van der Waals surface area contributed by atoms with Gasteiger partial charge in [0, 0.05) is 13.0 Å². The summed E-state index contributed by atoms with van der Waals surface area (Å²) in [6.45, 7) is 2.45. The van der Waals surface area contributed by atoms with Crippen LogP contribution < -0.4 is 5.32 Å². The number of carbonyl (C=O) groups excluding carboxylic acids is 2. The molecule has 0 heterocycles. The molecule has 0 radical (unpaired) electrons. The molecule has 0 saturated heterocycles. The van der Waals surface area contributed by atoms with Gasteiger partial charge in [0.25, 0.3) is 0 Å². The number of hydrogen-bond acceptors (Lipinski definition) is 2. The minimum absolute atomic E-state index is 0.301. The third kappa shape index (κ3) is 13.1. The minimum Gasteiger partial charge on any atom is -0.359 e. The first kappa shape index (κ1) is 14.1. The van der Waals surface area contributed by atoms with Crippen LogP contribution in [0.4, 0.5) is 0 Å². The molecule has 0 unspecified atom stereocenters. The molecule has 1 N–H and O–H groups in total. The van der Waals surface area contributed by atoms with Gasteiger partial charge in [0.15, 0.2) is 0 Å². The van der Waals surface area contributed by atoms with Crippen molar-refractivity contribution in [3.05, 3.63) is 0 Å². The van der Waals surface area contributed by atoms with Crippen LogP contribution in [0.1, 0.15) is 58.3 Å². The van der Waals surface area contributed by atoms with E-state index < -0.39 is 0 Å². The summed E-state index contributed by atoms with van der Waals surface area (Å²) < 4.78 is 0. The number of hydrogen-bond donors (Lipinski definition) is 1. The maximum absolute atomic E-state index is 10.6. The molecule has 0 aromatic rings. The largest absolute Gasteiger partial charge is 0.359 e. The van der Waals surface area contributed by atoms with Gasteiger partial charge in [0.2, 0.25) is 6.41 Å². The fraction of sp³-hybridized carbons (Fsp3) is 0.833. The Morgan fingerprint density at radius 3 is 2.07 bits per heavy atom. The van der Waals surface area contributed by atoms with E-state index in [4.69, 9.17) is 0 Å². The van der Waals surface area contributed by atoms with Crippen LogP contribution in [-0.2, 0) is 9.59 Å². The average molecular weight is 213 g/mol. The highest BCUT2D eigenvalue weighted by molar-refractivity contribution is 5.75. The smallest absolute Gasteiger partial charge is 0.207 e. The van der Waals surface area contributed by atoms with E-state index in [1.54, 1.807) is 6.92 Å². The van der Waals surface area contributed by atoms with Gasteiger partial charge in [-0.05, 0) is 19.8 Å². The lowest BCUT2D eigenvalue weighted by molar-refractivity contribution is -0.117. The van der Waals surface area contributed by atoms with E-state index in [2.05, 4.69) is 5.32 Å². The summed E-state index contributed by atoms with van der Waals surface area (Å²) in [5, 5.41) is 2.65. The van der Waals surface area contributed by atoms with Crippen LogP contribution in [0.15, 0.2) is 0 Å². The Hall–Kier alpha value is -0.860. The Kier molecular flexibility index (Phi) is 10.6. The van der Waals surface area contributed by atoms with Crippen molar-refractivity contribution in [3.63, 3.8) is 0 Å². The standard InChI is InChI=1S/C12H23NO2/c1-12(15)9-7-5-3-2-4-6-8-10-13-11-14/h11H,2-10H2,1H3,(H,13,14). The summed E-state index contributed by atoms with van der Waals surface area (Å²) >= 11 is 0. The van der Waals surface area contributed by atoms with Gasteiger partial charge in [-0.15, -0.1) is 0 Å². The molecule has 0 aliphatic carbocycles. The molecule has 3 nitrogen and oxygen atoms in total. The first-order chi connectivity index (χ1) is 7.27. The van der Waals surface area contributed by atoms with E-state index in [-0.39, 0.29) is 0 Å². The highest BCUT2D eigenvalue weighted by Gasteiger charge is 1.94. The van der Waals surface area contributed by atoms with Gasteiger partial charge < -0.3 is 10.1 Å². The zero-order valence-corrected chi connectivity index (χ0v) is 9.76. The molecular weight excluding hydrogens is 190 g/mol. The molecule has 0 aromatic carbocycles. The van der Waals surface area contributed by atoms with Crippen LogP contribution in [0.3, 0.4) is 0 Å². The van der Waals surface area contributed by atoms with Crippen LogP contribution in [0.2, 0.25) is 0 Å². The van der Waals surface area contributed by atoms with Crippen molar-refractivity contribution < 1.29 is 9.59 Å². The highest BCUT2D eigenvalue weighted by Crippen LogP contribution is 2.08. The van der Waals surface area contributed by atoms with Gasteiger partial charge in [0.1, 0.15) is 5.78 Å². The van der Waals surface area contributed by atoms with Crippen molar-refractivity contribution in [2.75, 3.05) is 6.54 Å². The van der Waals surface area contributed by atoms with Crippen molar-refractivity contribution in [1.82, 2.24) is 5.32 Å².